The van der Waals surface area contributed by atoms with Crippen molar-refractivity contribution in [2.24, 2.45) is 11.7 Å². The van der Waals surface area contributed by atoms with Gasteiger partial charge in [-0.15, -0.1) is 0 Å². The molecular formula is C16H29N3O2. The minimum Gasteiger partial charge on any atom is -0.350 e. The first-order valence-corrected chi connectivity index (χ1v) is 8.46. The molecular weight excluding hydrogens is 266 g/mol. The lowest BCUT2D eigenvalue weighted by Crippen LogP contribution is -2.46. The van der Waals surface area contributed by atoms with E-state index in [-0.39, 0.29) is 17.9 Å². The third kappa shape index (κ3) is 4.43. The van der Waals surface area contributed by atoms with Crippen LogP contribution in [-0.2, 0) is 9.59 Å². The van der Waals surface area contributed by atoms with Gasteiger partial charge in [-0.3, -0.25) is 9.59 Å². The van der Waals surface area contributed by atoms with Gasteiger partial charge in [0.25, 0.3) is 0 Å². The van der Waals surface area contributed by atoms with Gasteiger partial charge in [-0.05, 0) is 25.7 Å². The lowest BCUT2D eigenvalue weighted by Gasteiger charge is -2.26. The highest BCUT2D eigenvalue weighted by molar-refractivity contribution is 5.82. The Morgan fingerprint density at radius 1 is 1.24 bits per heavy atom. The minimum absolute atomic E-state index is 0.0752. The lowest BCUT2D eigenvalue weighted by atomic mass is 9.88. The van der Waals surface area contributed by atoms with Gasteiger partial charge in [0.2, 0.25) is 11.8 Å². The van der Waals surface area contributed by atoms with Crippen molar-refractivity contribution >= 4 is 11.8 Å². The summed E-state index contributed by atoms with van der Waals surface area (Å²) in [6.07, 6.45) is 8.16. The zero-order valence-electron chi connectivity index (χ0n) is 13.1. The van der Waals surface area contributed by atoms with Gasteiger partial charge in [0.05, 0.1) is 6.04 Å². The summed E-state index contributed by atoms with van der Waals surface area (Å²) in [7, 11) is 0. The molecule has 2 aliphatic rings. The minimum atomic E-state index is -0.418. The van der Waals surface area contributed by atoms with E-state index < -0.39 is 6.04 Å². The maximum absolute atomic E-state index is 12.5. The molecule has 2 fully saturated rings. The van der Waals surface area contributed by atoms with Crippen LogP contribution in [0.5, 0.6) is 0 Å². The maximum Gasteiger partial charge on any atom is 0.237 e. The highest BCUT2D eigenvalue weighted by Gasteiger charge is 2.32. The third-order valence-electron chi connectivity index (χ3n) is 4.74. The molecule has 5 heteroatoms. The van der Waals surface area contributed by atoms with Crippen molar-refractivity contribution in [2.75, 3.05) is 13.1 Å². The number of nitrogens with zero attached hydrogens (tertiary/aromatic N) is 1. The van der Waals surface area contributed by atoms with Crippen molar-refractivity contribution in [3.05, 3.63) is 0 Å². The number of carbonyl (C=O) groups is 2. The summed E-state index contributed by atoms with van der Waals surface area (Å²) < 4.78 is 0. The normalized spacial score (nSPS) is 24.9. The van der Waals surface area contributed by atoms with E-state index in [9.17, 15) is 9.59 Å². The van der Waals surface area contributed by atoms with Crippen LogP contribution in [0.25, 0.3) is 0 Å². The zero-order valence-corrected chi connectivity index (χ0v) is 13.1. The van der Waals surface area contributed by atoms with Crippen LogP contribution in [0.4, 0.5) is 0 Å². The van der Waals surface area contributed by atoms with Crippen molar-refractivity contribution < 1.29 is 9.59 Å². The smallest absolute Gasteiger partial charge is 0.237 e. The summed E-state index contributed by atoms with van der Waals surface area (Å²) >= 11 is 0. The van der Waals surface area contributed by atoms with Gasteiger partial charge in [-0.2, -0.15) is 0 Å². The molecule has 0 bridgehead atoms. The van der Waals surface area contributed by atoms with Crippen molar-refractivity contribution in [3.63, 3.8) is 0 Å². The molecule has 2 rings (SSSR count). The Kier molecular flexibility index (Phi) is 6.03. The fraction of sp³-hybridized carbons (Fsp3) is 0.875. The molecule has 1 aliphatic heterocycles. The Bertz CT molecular complexity index is 367. The molecule has 21 heavy (non-hydrogen) atoms. The van der Waals surface area contributed by atoms with E-state index in [1.807, 2.05) is 11.8 Å². The molecule has 2 amide bonds. The number of amides is 2. The first kappa shape index (κ1) is 16.3. The number of likely N-dealkylation sites (tertiary alicyclic amines) is 1. The van der Waals surface area contributed by atoms with Gasteiger partial charge in [0.1, 0.15) is 0 Å². The highest BCUT2D eigenvalue weighted by atomic mass is 16.2. The van der Waals surface area contributed by atoms with E-state index in [4.69, 9.17) is 5.73 Å². The third-order valence-corrected chi connectivity index (χ3v) is 4.74. The average Bonchev–Trinajstić information content (AvgIpc) is 2.96. The molecule has 0 radical (unpaired) electrons. The molecule has 1 saturated heterocycles. The van der Waals surface area contributed by atoms with Gasteiger partial charge in [0, 0.05) is 25.0 Å². The summed E-state index contributed by atoms with van der Waals surface area (Å²) in [4.78, 5) is 26.3. The van der Waals surface area contributed by atoms with Gasteiger partial charge in [-0.25, -0.2) is 0 Å². The van der Waals surface area contributed by atoms with Crippen LogP contribution >= 0.6 is 0 Å². The number of nitrogens with two attached hydrogens (primary N) is 1. The molecule has 0 spiro atoms. The molecule has 1 saturated carbocycles. The van der Waals surface area contributed by atoms with Gasteiger partial charge < -0.3 is 16.0 Å². The second-order valence-electron chi connectivity index (χ2n) is 6.51. The lowest BCUT2D eigenvalue weighted by molar-refractivity contribution is -0.135. The molecule has 0 aromatic heterocycles. The van der Waals surface area contributed by atoms with Crippen LogP contribution in [0, 0.1) is 5.92 Å². The van der Waals surface area contributed by atoms with Crippen LogP contribution in [0.1, 0.15) is 58.3 Å². The maximum atomic E-state index is 12.5. The summed E-state index contributed by atoms with van der Waals surface area (Å²) in [5.41, 5.74) is 5.82. The fourth-order valence-electron chi connectivity index (χ4n) is 3.44. The summed E-state index contributed by atoms with van der Waals surface area (Å²) in [6.45, 7) is 3.44. The van der Waals surface area contributed by atoms with E-state index >= 15 is 0 Å². The topological polar surface area (TPSA) is 75.4 Å². The second-order valence-corrected chi connectivity index (χ2v) is 6.51. The van der Waals surface area contributed by atoms with Crippen molar-refractivity contribution in [1.29, 1.82) is 0 Å². The summed E-state index contributed by atoms with van der Waals surface area (Å²) in [6, 6.07) is -0.342. The number of carbonyl (C=O) groups excluding carboxylic acids is 2. The highest BCUT2D eigenvalue weighted by Crippen LogP contribution is 2.26. The Morgan fingerprint density at radius 2 is 1.95 bits per heavy atom. The number of rotatable bonds is 5. The predicted molar refractivity (Wildman–Crippen MR) is 82.6 cm³/mol. The Morgan fingerprint density at radius 3 is 2.62 bits per heavy atom. The fourth-order valence-corrected chi connectivity index (χ4v) is 3.44. The Labute approximate surface area is 127 Å². The molecule has 120 valence electrons. The standard InChI is InChI=1S/C16H29N3O2/c1-2-6-14(17)15(20)18-13-9-10-19(11-13)16(21)12-7-4-3-5-8-12/h12-14H,2-11,17H2,1H3,(H,18,20). The van der Waals surface area contributed by atoms with E-state index in [2.05, 4.69) is 5.32 Å². The first-order valence-electron chi connectivity index (χ1n) is 8.46. The van der Waals surface area contributed by atoms with Crippen LogP contribution in [0.15, 0.2) is 0 Å². The predicted octanol–water partition coefficient (Wildman–Crippen LogP) is 1.41. The van der Waals surface area contributed by atoms with Crippen LogP contribution in [0.3, 0.4) is 0 Å². The number of hydrogen-bond donors (Lipinski definition) is 2. The van der Waals surface area contributed by atoms with Gasteiger partial charge in [0.15, 0.2) is 0 Å². The van der Waals surface area contributed by atoms with E-state index in [0.29, 0.717) is 18.9 Å². The summed E-state index contributed by atoms with van der Waals surface area (Å²) in [5, 5.41) is 2.99. The van der Waals surface area contributed by atoms with Gasteiger partial charge >= 0.3 is 0 Å². The second kappa shape index (κ2) is 7.78. The Hall–Kier alpha value is -1.10. The monoisotopic (exact) mass is 295 g/mol. The largest absolute Gasteiger partial charge is 0.350 e. The number of nitrogens with one attached hydrogen (secondary N) is 1. The van der Waals surface area contributed by atoms with Crippen LogP contribution in [-0.4, -0.2) is 41.9 Å². The SMILES string of the molecule is CCCC(N)C(=O)NC1CCN(C(=O)C2CCCCC2)C1. The number of hydrogen-bond acceptors (Lipinski definition) is 3. The van der Waals surface area contributed by atoms with E-state index in [0.717, 1.165) is 32.2 Å². The average molecular weight is 295 g/mol. The van der Waals surface area contributed by atoms with Crippen molar-refractivity contribution in [3.8, 4) is 0 Å². The van der Waals surface area contributed by atoms with E-state index in [1.165, 1.54) is 19.3 Å². The molecule has 2 unspecified atom stereocenters. The molecule has 5 nitrogen and oxygen atoms in total. The molecule has 1 aliphatic carbocycles. The van der Waals surface area contributed by atoms with E-state index in [1.54, 1.807) is 0 Å². The zero-order chi connectivity index (χ0) is 15.2. The Balaban J connectivity index is 1.77. The van der Waals surface area contributed by atoms with Gasteiger partial charge in [-0.1, -0.05) is 32.6 Å². The van der Waals surface area contributed by atoms with Crippen molar-refractivity contribution in [2.45, 2.75) is 70.4 Å². The molecule has 0 aromatic carbocycles. The molecule has 3 N–H and O–H groups in total. The first-order chi connectivity index (χ1) is 10.1. The van der Waals surface area contributed by atoms with Crippen LogP contribution in [0.2, 0.25) is 0 Å². The molecule has 0 aromatic rings. The molecule has 2 atom stereocenters. The quantitative estimate of drug-likeness (QED) is 0.805. The van der Waals surface area contributed by atoms with Crippen LogP contribution < -0.4 is 11.1 Å². The van der Waals surface area contributed by atoms with Crippen molar-refractivity contribution in [1.82, 2.24) is 10.2 Å². The molecule has 1 heterocycles. The summed E-state index contributed by atoms with van der Waals surface area (Å²) in [5.74, 6) is 0.439.